The minimum Gasteiger partial charge on any atom is -0.480 e. The zero-order chi connectivity index (χ0) is 24.1. The summed E-state index contributed by atoms with van der Waals surface area (Å²) in [5.74, 6) is -1.57. The van der Waals surface area contributed by atoms with E-state index in [1.807, 2.05) is 30.3 Å². The number of nitrogens with one attached hydrogen (secondary N) is 2. The smallest absolute Gasteiger partial charge is 0.407 e. The number of benzene rings is 2. The van der Waals surface area contributed by atoms with Crippen LogP contribution in [0.4, 0.5) is 10.5 Å². The van der Waals surface area contributed by atoms with E-state index in [0.29, 0.717) is 31.4 Å². The van der Waals surface area contributed by atoms with Gasteiger partial charge in [0.15, 0.2) is 0 Å². The number of ether oxygens (including phenoxy) is 1. The van der Waals surface area contributed by atoms with E-state index in [2.05, 4.69) is 10.6 Å². The molecule has 0 saturated heterocycles. The number of amides is 2. The lowest BCUT2D eigenvalue weighted by Gasteiger charge is -2.14. The van der Waals surface area contributed by atoms with Crippen molar-refractivity contribution in [3.8, 4) is 0 Å². The minimum atomic E-state index is -1.18. The average Bonchev–Trinajstić information content (AvgIpc) is 2.80. The molecule has 0 heterocycles. The van der Waals surface area contributed by atoms with Gasteiger partial charge in [-0.25, -0.2) is 9.59 Å². The Morgan fingerprint density at radius 2 is 1.67 bits per heavy atom. The Morgan fingerprint density at radius 1 is 0.970 bits per heavy atom. The van der Waals surface area contributed by atoms with Gasteiger partial charge in [0.1, 0.15) is 12.6 Å². The molecule has 10 nitrogen and oxygen atoms in total. The molecule has 0 radical (unpaired) electrons. The molecular weight excluding hydrogens is 430 g/mol. The first-order valence-electron chi connectivity index (χ1n) is 10.5. The van der Waals surface area contributed by atoms with Crippen molar-refractivity contribution in [3.05, 3.63) is 75.8 Å². The van der Waals surface area contributed by atoms with Crippen molar-refractivity contribution in [1.82, 2.24) is 10.6 Å². The van der Waals surface area contributed by atoms with E-state index in [9.17, 15) is 29.6 Å². The van der Waals surface area contributed by atoms with Crippen LogP contribution in [0.1, 0.15) is 36.8 Å². The summed E-state index contributed by atoms with van der Waals surface area (Å²) in [5.41, 5.74) is 1.37. The summed E-state index contributed by atoms with van der Waals surface area (Å²) < 4.78 is 5.10. The van der Waals surface area contributed by atoms with Gasteiger partial charge in [-0.05, 0) is 24.0 Å². The van der Waals surface area contributed by atoms with Crippen molar-refractivity contribution in [2.75, 3.05) is 6.54 Å². The van der Waals surface area contributed by atoms with Gasteiger partial charge in [0.2, 0.25) is 5.91 Å². The fourth-order valence-corrected chi connectivity index (χ4v) is 3.01. The Labute approximate surface area is 191 Å². The summed E-state index contributed by atoms with van der Waals surface area (Å²) in [6.45, 7) is 0.602. The molecule has 0 saturated carbocycles. The standard InChI is InChI=1S/C23H27N3O7/c27-21(25-20(22(28)29)15-17-10-12-19(13-11-17)26(31)32)9-5-2-6-14-24-23(30)33-16-18-7-3-1-4-8-18/h1,3-4,7-8,10-13,20H,2,5-6,9,14-16H2,(H,24,30)(H,25,27)(H,28,29)/t20-/m0/s1. The number of nitro benzene ring substituents is 1. The highest BCUT2D eigenvalue weighted by Gasteiger charge is 2.20. The van der Waals surface area contributed by atoms with Crippen LogP contribution >= 0.6 is 0 Å². The second kappa shape index (κ2) is 13.5. The Kier molecular flexibility index (Phi) is 10.3. The van der Waals surface area contributed by atoms with Crippen molar-refractivity contribution in [2.45, 2.75) is 44.8 Å². The molecule has 0 aliphatic heterocycles. The van der Waals surface area contributed by atoms with Gasteiger partial charge >= 0.3 is 12.1 Å². The summed E-state index contributed by atoms with van der Waals surface area (Å²) in [6, 6.07) is 13.7. The normalized spacial score (nSPS) is 11.3. The molecule has 1 atom stereocenters. The van der Waals surface area contributed by atoms with Gasteiger partial charge in [-0.2, -0.15) is 0 Å². The van der Waals surface area contributed by atoms with E-state index in [4.69, 9.17) is 4.74 Å². The second-order valence-electron chi connectivity index (χ2n) is 7.39. The Morgan fingerprint density at radius 3 is 2.30 bits per heavy atom. The van der Waals surface area contributed by atoms with Gasteiger partial charge in [0, 0.05) is 31.5 Å². The van der Waals surface area contributed by atoms with Gasteiger partial charge in [-0.1, -0.05) is 48.9 Å². The van der Waals surface area contributed by atoms with Crippen LogP contribution in [0.15, 0.2) is 54.6 Å². The summed E-state index contributed by atoms with van der Waals surface area (Å²) >= 11 is 0. The Balaban J connectivity index is 1.61. The van der Waals surface area contributed by atoms with Crippen molar-refractivity contribution in [1.29, 1.82) is 0 Å². The van der Waals surface area contributed by atoms with Gasteiger partial charge in [-0.15, -0.1) is 0 Å². The SMILES string of the molecule is O=C(CCCCCNC(=O)OCc1ccccc1)N[C@@H](Cc1ccc([N+](=O)[O-])cc1)C(=O)O. The molecule has 10 heteroatoms. The number of alkyl carbamates (subject to hydrolysis) is 1. The number of aliphatic carboxylic acids is 1. The largest absolute Gasteiger partial charge is 0.480 e. The summed E-state index contributed by atoms with van der Waals surface area (Å²) in [4.78, 5) is 45.4. The predicted octanol–water partition coefficient (Wildman–Crippen LogP) is 3.19. The van der Waals surface area contributed by atoms with Crippen LogP contribution in [0, 0.1) is 10.1 Å². The van der Waals surface area contributed by atoms with E-state index in [-0.39, 0.29) is 31.0 Å². The maximum Gasteiger partial charge on any atom is 0.407 e. The minimum absolute atomic E-state index is 0.0219. The summed E-state index contributed by atoms with van der Waals surface area (Å²) in [5, 5.41) is 25.2. The zero-order valence-corrected chi connectivity index (χ0v) is 18.1. The maximum atomic E-state index is 12.1. The molecule has 0 fully saturated rings. The van der Waals surface area contributed by atoms with Gasteiger partial charge in [-0.3, -0.25) is 14.9 Å². The lowest BCUT2D eigenvalue weighted by atomic mass is 10.1. The molecule has 0 spiro atoms. The van der Waals surface area contributed by atoms with E-state index < -0.39 is 23.0 Å². The number of carboxylic acids is 1. The van der Waals surface area contributed by atoms with Crippen molar-refractivity contribution in [3.63, 3.8) is 0 Å². The third-order valence-electron chi connectivity index (χ3n) is 4.78. The Bertz CT molecular complexity index is 933. The Hall–Kier alpha value is -3.95. The van der Waals surface area contributed by atoms with Crippen LogP contribution in [-0.4, -0.2) is 40.6 Å². The molecule has 0 aromatic heterocycles. The van der Waals surface area contributed by atoms with Crippen LogP contribution in [0.3, 0.4) is 0 Å². The number of carboxylic acid groups (broad SMARTS) is 1. The number of carbonyl (C=O) groups excluding carboxylic acids is 2. The molecule has 2 rings (SSSR count). The number of unbranched alkanes of at least 4 members (excludes halogenated alkanes) is 2. The maximum absolute atomic E-state index is 12.1. The molecule has 0 unspecified atom stereocenters. The quantitative estimate of drug-likeness (QED) is 0.238. The van der Waals surface area contributed by atoms with Gasteiger partial charge < -0.3 is 20.5 Å². The number of rotatable bonds is 13. The monoisotopic (exact) mass is 457 g/mol. The molecule has 33 heavy (non-hydrogen) atoms. The first-order chi connectivity index (χ1) is 15.8. The lowest BCUT2D eigenvalue weighted by Crippen LogP contribution is -2.42. The first-order valence-corrected chi connectivity index (χ1v) is 10.5. The molecule has 2 aromatic carbocycles. The molecule has 0 aliphatic carbocycles. The molecule has 0 bridgehead atoms. The third-order valence-corrected chi connectivity index (χ3v) is 4.78. The van der Waals surface area contributed by atoms with E-state index in [0.717, 1.165) is 5.56 Å². The average molecular weight is 457 g/mol. The van der Waals surface area contributed by atoms with Crippen LogP contribution in [0.5, 0.6) is 0 Å². The molecule has 2 amide bonds. The fraction of sp³-hybridized carbons (Fsp3) is 0.348. The van der Waals surface area contributed by atoms with E-state index >= 15 is 0 Å². The highest BCUT2D eigenvalue weighted by molar-refractivity contribution is 5.83. The fourth-order valence-electron chi connectivity index (χ4n) is 3.01. The molecule has 176 valence electrons. The second-order valence-corrected chi connectivity index (χ2v) is 7.39. The van der Waals surface area contributed by atoms with Gasteiger partial charge in [0.25, 0.3) is 5.69 Å². The van der Waals surface area contributed by atoms with Crippen molar-refractivity contribution in [2.24, 2.45) is 0 Å². The van der Waals surface area contributed by atoms with Gasteiger partial charge in [0.05, 0.1) is 4.92 Å². The third kappa shape index (κ3) is 9.81. The summed E-state index contributed by atoms with van der Waals surface area (Å²) in [6.07, 6.45) is 1.53. The molecule has 3 N–H and O–H groups in total. The van der Waals surface area contributed by atoms with Crippen LogP contribution in [0.25, 0.3) is 0 Å². The van der Waals surface area contributed by atoms with Crippen molar-refractivity contribution >= 4 is 23.7 Å². The van der Waals surface area contributed by atoms with E-state index in [1.54, 1.807) is 0 Å². The number of nitrogens with zero attached hydrogens (tertiary/aromatic N) is 1. The number of nitro groups is 1. The number of hydrogen-bond donors (Lipinski definition) is 3. The van der Waals surface area contributed by atoms with Crippen LogP contribution < -0.4 is 10.6 Å². The highest BCUT2D eigenvalue weighted by Crippen LogP contribution is 2.13. The zero-order valence-electron chi connectivity index (χ0n) is 18.1. The van der Waals surface area contributed by atoms with Crippen molar-refractivity contribution < 1.29 is 29.2 Å². The molecular formula is C23H27N3O7. The number of carbonyl (C=O) groups is 3. The van der Waals surface area contributed by atoms with E-state index in [1.165, 1.54) is 24.3 Å². The topological polar surface area (TPSA) is 148 Å². The first kappa shape index (κ1) is 25.3. The lowest BCUT2D eigenvalue weighted by molar-refractivity contribution is -0.384. The molecule has 0 aliphatic rings. The molecule has 2 aromatic rings. The number of non-ortho nitro benzene ring substituents is 1. The number of hydrogen-bond acceptors (Lipinski definition) is 6. The van der Waals surface area contributed by atoms with Crippen LogP contribution in [-0.2, 0) is 27.4 Å². The summed E-state index contributed by atoms with van der Waals surface area (Å²) in [7, 11) is 0. The van der Waals surface area contributed by atoms with Crippen LogP contribution in [0.2, 0.25) is 0 Å². The highest BCUT2D eigenvalue weighted by atomic mass is 16.6. The predicted molar refractivity (Wildman–Crippen MR) is 119 cm³/mol.